The van der Waals surface area contributed by atoms with Crippen LogP contribution in [0.2, 0.25) is 10.0 Å². The Hall–Kier alpha value is -2.28. The Balaban J connectivity index is 1.63. The zero-order valence-corrected chi connectivity index (χ0v) is 16.0. The summed E-state index contributed by atoms with van der Waals surface area (Å²) in [6.07, 6.45) is 3.94. The molecule has 1 amide bonds. The van der Waals surface area contributed by atoms with Crippen LogP contribution in [0, 0.1) is 0 Å². The number of nitrogens with one attached hydrogen (secondary N) is 1. The summed E-state index contributed by atoms with van der Waals surface area (Å²) in [6.45, 7) is 3.10. The van der Waals surface area contributed by atoms with Crippen molar-refractivity contribution >= 4 is 34.8 Å². The third-order valence-corrected chi connectivity index (χ3v) is 5.48. The quantitative estimate of drug-likeness (QED) is 0.703. The zero-order valence-electron chi connectivity index (χ0n) is 14.5. The van der Waals surface area contributed by atoms with Crippen molar-refractivity contribution in [3.63, 3.8) is 0 Å². The van der Waals surface area contributed by atoms with Crippen molar-refractivity contribution in [1.29, 1.82) is 0 Å². The van der Waals surface area contributed by atoms with Gasteiger partial charge < -0.3 is 19.7 Å². The lowest BCUT2D eigenvalue weighted by Crippen LogP contribution is -2.46. The van der Waals surface area contributed by atoms with E-state index >= 15 is 0 Å². The molecule has 2 N–H and O–H groups in total. The third kappa shape index (κ3) is 3.60. The van der Waals surface area contributed by atoms with Gasteiger partial charge in [0.2, 0.25) is 5.91 Å². The van der Waals surface area contributed by atoms with Gasteiger partial charge in [-0.3, -0.25) is 4.79 Å². The minimum atomic E-state index is 0.0504. The Kier molecular flexibility index (Phi) is 4.95. The van der Waals surface area contributed by atoms with Gasteiger partial charge in [0.15, 0.2) is 0 Å². The molecule has 2 aromatic heterocycles. The normalized spacial score (nSPS) is 14.7. The second-order valence-electron chi connectivity index (χ2n) is 6.48. The van der Waals surface area contributed by atoms with Gasteiger partial charge in [-0.25, -0.2) is 4.98 Å². The van der Waals surface area contributed by atoms with Gasteiger partial charge in [0.1, 0.15) is 11.4 Å². The van der Waals surface area contributed by atoms with Crippen LogP contribution < -0.4 is 5.32 Å². The minimum Gasteiger partial charge on any atom is -0.507 e. The highest BCUT2D eigenvalue weighted by Gasteiger charge is 2.18. The standard InChI is InChI=1S/C19H18Cl2N4O2/c20-14-1-2-15(26)18(19(14)21)12-3-6-25-11-13(23-16(25)9-12)10-17(27)24-7-4-22-5-8-24/h1-3,6,9,11,22,26H,4-5,7-8,10H2. The molecule has 0 spiro atoms. The van der Waals surface area contributed by atoms with Gasteiger partial charge in [0.25, 0.3) is 0 Å². The smallest absolute Gasteiger partial charge is 0.228 e. The van der Waals surface area contributed by atoms with Gasteiger partial charge in [0, 0.05) is 44.1 Å². The first-order valence-corrected chi connectivity index (χ1v) is 9.42. The number of halogens is 2. The third-order valence-electron chi connectivity index (χ3n) is 4.67. The lowest BCUT2D eigenvalue weighted by Gasteiger charge is -2.27. The van der Waals surface area contributed by atoms with E-state index in [0.717, 1.165) is 26.2 Å². The molecule has 0 aliphatic carbocycles. The Morgan fingerprint density at radius 1 is 1.22 bits per heavy atom. The predicted molar refractivity (Wildman–Crippen MR) is 105 cm³/mol. The maximum absolute atomic E-state index is 12.4. The molecule has 140 valence electrons. The molecule has 3 heterocycles. The van der Waals surface area contributed by atoms with Crippen LogP contribution in [0.25, 0.3) is 16.8 Å². The van der Waals surface area contributed by atoms with E-state index in [-0.39, 0.29) is 18.1 Å². The van der Waals surface area contributed by atoms with E-state index < -0.39 is 0 Å². The number of amides is 1. The fraction of sp³-hybridized carbons (Fsp3) is 0.263. The van der Waals surface area contributed by atoms with Crippen molar-refractivity contribution in [1.82, 2.24) is 19.6 Å². The summed E-state index contributed by atoms with van der Waals surface area (Å²) in [5.74, 6) is 0.130. The number of carbonyl (C=O) groups excluding carboxylic acids is 1. The number of phenolic OH excluding ortho intramolecular Hbond substituents is 1. The van der Waals surface area contributed by atoms with Crippen LogP contribution in [0.15, 0.2) is 36.7 Å². The number of aromatic nitrogens is 2. The number of hydrogen-bond donors (Lipinski definition) is 2. The molecule has 0 bridgehead atoms. The molecule has 1 aliphatic rings. The first kappa shape index (κ1) is 18.1. The molecular formula is C19H18Cl2N4O2. The first-order chi connectivity index (χ1) is 13.0. The van der Waals surface area contributed by atoms with Crippen LogP contribution in [-0.2, 0) is 11.2 Å². The molecule has 0 radical (unpaired) electrons. The minimum absolute atomic E-state index is 0.0504. The molecule has 0 atom stereocenters. The summed E-state index contributed by atoms with van der Waals surface area (Å²) in [5.41, 5.74) is 2.55. The fourth-order valence-corrected chi connectivity index (χ4v) is 3.70. The number of nitrogens with zero attached hydrogens (tertiary/aromatic N) is 3. The molecular weight excluding hydrogens is 387 g/mol. The summed E-state index contributed by atoms with van der Waals surface area (Å²) in [7, 11) is 0. The van der Waals surface area contributed by atoms with Crippen LogP contribution in [0.1, 0.15) is 5.69 Å². The molecule has 1 aliphatic heterocycles. The van der Waals surface area contributed by atoms with Gasteiger partial charge >= 0.3 is 0 Å². The Bertz CT molecular complexity index is 1010. The molecule has 0 saturated carbocycles. The van der Waals surface area contributed by atoms with Crippen LogP contribution in [0.5, 0.6) is 5.75 Å². The summed E-state index contributed by atoms with van der Waals surface area (Å²) in [5, 5.41) is 14.1. The fourth-order valence-electron chi connectivity index (χ4n) is 3.27. The monoisotopic (exact) mass is 404 g/mol. The molecule has 1 saturated heterocycles. The number of aromatic hydroxyl groups is 1. The van der Waals surface area contributed by atoms with Crippen molar-refractivity contribution in [3.05, 3.63) is 52.4 Å². The summed E-state index contributed by atoms with van der Waals surface area (Å²) in [4.78, 5) is 18.9. The summed E-state index contributed by atoms with van der Waals surface area (Å²) in [6, 6.07) is 6.71. The van der Waals surface area contributed by atoms with Gasteiger partial charge in [-0.05, 0) is 29.8 Å². The van der Waals surface area contributed by atoms with Crippen molar-refractivity contribution < 1.29 is 9.90 Å². The summed E-state index contributed by atoms with van der Waals surface area (Å²) < 4.78 is 1.85. The average Bonchev–Trinajstić information content (AvgIpc) is 3.07. The first-order valence-electron chi connectivity index (χ1n) is 8.66. The van der Waals surface area contributed by atoms with Crippen LogP contribution in [-0.4, -0.2) is 51.5 Å². The molecule has 27 heavy (non-hydrogen) atoms. The number of piperazine rings is 1. The van der Waals surface area contributed by atoms with E-state index in [1.807, 2.05) is 33.8 Å². The van der Waals surface area contributed by atoms with Crippen molar-refractivity contribution in [3.8, 4) is 16.9 Å². The number of phenols is 1. The molecule has 4 rings (SSSR count). The number of fused-ring (bicyclic) bond motifs is 1. The van der Waals surface area contributed by atoms with E-state index in [9.17, 15) is 9.90 Å². The number of rotatable bonds is 3. The van der Waals surface area contributed by atoms with Gasteiger partial charge in [-0.2, -0.15) is 0 Å². The molecule has 8 heteroatoms. The van der Waals surface area contributed by atoms with Crippen molar-refractivity contribution in [2.75, 3.05) is 26.2 Å². The number of carbonyl (C=O) groups is 1. The Morgan fingerprint density at radius 3 is 2.78 bits per heavy atom. The number of imidazole rings is 1. The van der Waals surface area contributed by atoms with Crippen LogP contribution in [0.4, 0.5) is 0 Å². The highest BCUT2D eigenvalue weighted by Crippen LogP contribution is 2.40. The maximum Gasteiger partial charge on any atom is 0.228 e. The number of hydrogen-bond acceptors (Lipinski definition) is 4. The highest BCUT2D eigenvalue weighted by molar-refractivity contribution is 6.44. The van der Waals surface area contributed by atoms with E-state index in [4.69, 9.17) is 23.2 Å². The highest BCUT2D eigenvalue weighted by atomic mass is 35.5. The second-order valence-corrected chi connectivity index (χ2v) is 7.26. The van der Waals surface area contributed by atoms with Crippen molar-refractivity contribution in [2.24, 2.45) is 0 Å². The van der Waals surface area contributed by atoms with Gasteiger partial charge in [-0.1, -0.05) is 23.2 Å². The van der Waals surface area contributed by atoms with Gasteiger partial charge in [-0.15, -0.1) is 0 Å². The molecule has 6 nitrogen and oxygen atoms in total. The number of benzene rings is 1. The Morgan fingerprint density at radius 2 is 2.00 bits per heavy atom. The molecule has 1 fully saturated rings. The number of pyridine rings is 1. The van der Waals surface area contributed by atoms with E-state index in [2.05, 4.69) is 10.3 Å². The second kappa shape index (κ2) is 7.38. The molecule has 3 aromatic rings. The summed E-state index contributed by atoms with van der Waals surface area (Å²) >= 11 is 12.3. The van der Waals surface area contributed by atoms with E-state index in [1.54, 1.807) is 6.07 Å². The van der Waals surface area contributed by atoms with Crippen molar-refractivity contribution in [2.45, 2.75) is 6.42 Å². The maximum atomic E-state index is 12.4. The molecule has 0 unspecified atom stereocenters. The predicted octanol–water partition coefficient (Wildman–Crippen LogP) is 2.99. The molecule has 1 aromatic carbocycles. The topological polar surface area (TPSA) is 69.9 Å². The lowest BCUT2D eigenvalue weighted by molar-refractivity contribution is -0.131. The van der Waals surface area contributed by atoms with E-state index in [0.29, 0.717) is 32.5 Å². The van der Waals surface area contributed by atoms with Crippen LogP contribution >= 0.6 is 23.2 Å². The largest absolute Gasteiger partial charge is 0.507 e. The van der Waals surface area contributed by atoms with Crippen LogP contribution in [0.3, 0.4) is 0 Å². The van der Waals surface area contributed by atoms with Gasteiger partial charge in [0.05, 0.1) is 22.2 Å². The SMILES string of the molecule is O=C(Cc1cn2ccc(-c3c(O)ccc(Cl)c3Cl)cc2n1)N1CCNCC1. The lowest BCUT2D eigenvalue weighted by atomic mass is 10.1. The Labute approximate surface area is 166 Å². The zero-order chi connectivity index (χ0) is 19.0. The van der Waals surface area contributed by atoms with E-state index in [1.165, 1.54) is 6.07 Å². The average molecular weight is 405 g/mol.